The number of benzene rings is 1. The summed E-state index contributed by atoms with van der Waals surface area (Å²) in [7, 11) is 0. The van der Waals surface area contributed by atoms with Crippen LogP contribution < -0.4 is 5.32 Å². The zero-order valence-electron chi connectivity index (χ0n) is 11.0. The normalized spacial score (nSPS) is 27.9. The van der Waals surface area contributed by atoms with Gasteiger partial charge >= 0.3 is 0 Å². The van der Waals surface area contributed by atoms with E-state index in [0.717, 1.165) is 18.4 Å². The van der Waals surface area contributed by atoms with Gasteiger partial charge in [0.1, 0.15) is 0 Å². The van der Waals surface area contributed by atoms with Crippen LogP contribution in [0.25, 0.3) is 0 Å². The van der Waals surface area contributed by atoms with Crippen molar-refractivity contribution < 1.29 is 0 Å². The molecule has 3 atom stereocenters. The Morgan fingerprint density at radius 3 is 2.76 bits per heavy atom. The summed E-state index contributed by atoms with van der Waals surface area (Å²) in [6, 6.07) is 7.80. The predicted molar refractivity (Wildman–Crippen MR) is 72.2 cm³/mol. The highest BCUT2D eigenvalue weighted by Gasteiger charge is 2.39. The SMILES string of the molecule is CCNC(c1ccc2c(c1)CCC2)C1CC1C. The molecule has 0 radical (unpaired) electrons. The Kier molecular flexibility index (Phi) is 2.96. The smallest absolute Gasteiger partial charge is 0.0351 e. The van der Waals surface area contributed by atoms with E-state index in [0.29, 0.717) is 6.04 Å². The number of aryl methyl sites for hydroxylation is 2. The second kappa shape index (κ2) is 4.45. The van der Waals surface area contributed by atoms with Crippen LogP contribution in [0.15, 0.2) is 18.2 Å². The van der Waals surface area contributed by atoms with Crippen molar-refractivity contribution in [3.05, 3.63) is 34.9 Å². The van der Waals surface area contributed by atoms with E-state index in [1.165, 1.54) is 31.2 Å². The van der Waals surface area contributed by atoms with Gasteiger partial charge in [-0.15, -0.1) is 0 Å². The summed E-state index contributed by atoms with van der Waals surface area (Å²) >= 11 is 0. The first-order valence-electron chi connectivity index (χ1n) is 7.14. The first-order chi connectivity index (χ1) is 8.29. The van der Waals surface area contributed by atoms with Gasteiger partial charge in [0.05, 0.1) is 0 Å². The van der Waals surface area contributed by atoms with E-state index in [-0.39, 0.29) is 0 Å². The van der Waals surface area contributed by atoms with Crippen molar-refractivity contribution in [2.24, 2.45) is 11.8 Å². The van der Waals surface area contributed by atoms with Gasteiger partial charge in [-0.25, -0.2) is 0 Å². The molecule has 2 aliphatic rings. The topological polar surface area (TPSA) is 12.0 Å². The summed E-state index contributed by atoms with van der Waals surface area (Å²) in [5.41, 5.74) is 4.73. The highest BCUT2D eigenvalue weighted by Crippen LogP contribution is 2.47. The van der Waals surface area contributed by atoms with E-state index in [4.69, 9.17) is 0 Å². The molecular formula is C16H23N. The molecule has 92 valence electrons. The summed E-state index contributed by atoms with van der Waals surface area (Å²) in [6.07, 6.45) is 5.34. The Labute approximate surface area is 105 Å². The fourth-order valence-corrected chi connectivity index (χ4v) is 3.34. The average Bonchev–Trinajstić information content (AvgIpc) is 2.88. The van der Waals surface area contributed by atoms with Crippen molar-refractivity contribution in [1.82, 2.24) is 5.32 Å². The average molecular weight is 229 g/mol. The van der Waals surface area contributed by atoms with Crippen LogP contribution in [0.2, 0.25) is 0 Å². The quantitative estimate of drug-likeness (QED) is 0.833. The summed E-state index contributed by atoms with van der Waals surface area (Å²) in [6.45, 7) is 5.67. The Hall–Kier alpha value is -0.820. The minimum Gasteiger partial charge on any atom is -0.310 e. The highest BCUT2D eigenvalue weighted by molar-refractivity contribution is 5.37. The van der Waals surface area contributed by atoms with Crippen LogP contribution in [0.4, 0.5) is 0 Å². The Balaban J connectivity index is 1.85. The maximum Gasteiger partial charge on any atom is 0.0351 e. The summed E-state index contributed by atoms with van der Waals surface area (Å²) in [4.78, 5) is 0. The van der Waals surface area contributed by atoms with Crippen molar-refractivity contribution in [2.45, 2.75) is 45.6 Å². The molecule has 2 aliphatic carbocycles. The van der Waals surface area contributed by atoms with E-state index < -0.39 is 0 Å². The number of hydrogen-bond donors (Lipinski definition) is 1. The molecule has 1 fully saturated rings. The maximum atomic E-state index is 3.68. The molecule has 1 aromatic rings. The van der Waals surface area contributed by atoms with E-state index in [2.05, 4.69) is 37.4 Å². The van der Waals surface area contributed by atoms with Gasteiger partial charge in [0, 0.05) is 6.04 Å². The standard InChI is InChI=1S/C16H23N/c1-3-17-16(15-9-11(15)2)14-8-7-12-5-4-6-13(12)10-14/h7-8,10-11,15-17H,3-6,9H2,1-2H3. The first kappa shape index (κ1) is 11.3. The second-order valence-corrected chi connectivity index (χ2v) is 5.79. The van der Waals surface area contributed by atoms with Gasteiger partial charge in [-0.1, -0.05) is 32.0 Å². The molecule has 17 heavy (non-hydrogen) atoms. The van der Waals surface area contributed by atoms with Crippen molar-refractivity contribution in [2.75, 3.05) is 6.54 Å². The van der Waals surface area contributed by atoms with Gasteiger partial charge in [0.25, 0.3) is 0 Å². The van der Waals surface area contributed by atoms with Crippen molar-refractivity contribution >= 4 is 0 Å². The van der Waals surface area contributed by atoms with Gasteiger partial charge in [-0.2, -0.15) is 0 Å². The minimum atomic E-state index is 0.598. The zero-order valence-corrected chi connectivity index (χ0v) is 11.0. The van der Waals surface area contributed by atoms with Crippen LogP contribution in [-0.4, -0.2) is 6.54 Å². The molecule has 1 nitrogen and oxygen atoms in total. The molecule has 1 aromatic carbocycles. The molecular weight excluding hydrogens is 206 g/mol. The molecule has 1 N–H and O–H groups in total. The van der Waals surface area contributed by atoms with E-state index in [1.54, 1.807) is 11.1 Å². The summed E-state index contributed by atoms with van der Waals surface area (Å²) in [5.74, 6) is 1.78. The molecule has 0 aliphatic heterocycles. The molecule has 0 saturated heterocycles. The Morgan fingerprint density at radius 1 is 1.29 bits per heavy atom. The van der Waals surface area contributed by atoms with Crippen LogP contribution in [0.1, 0.15) is 49.4 Å². The number of rotatable bonds is 4. The van der Waals surface area contributed by atoms with E-state index >= 15 is 0 Å². The zero-order chi connectivity index (χ0) is 11.8. The van der Waals surface area contributed by atoms with Gasteiger partial charge in [-0.3, -0.25) is 0 Å². The lowest BCUT2D eigenvalue weighted by Crippen LogP contribution is -2.23. The number of hydrogen-bond acceptors (Lipinski definition) is 1. The molecule has 0 spiro atoms. The Morgan fingerprint density at radius 2 is 2.06 bits per heavy atom. The maximum absolute atomic E-state index is 3.68. The number of fused-ring (bicyclic) bond motifs is 1. The van der Waals surface area contributed by atoms with Gasteiger partial charge in [-0.05, 0) is 60.8 Å². The summed E-state index contributed by atoms with van der Waals surface area (Å²) < 4.78 is 0. The van der Waals surface area contributed by atoms with Gasteiger partial charge in [0.2, 0.25) is 0 Å². The third-order valence-corrected chi connectivity index (χ3v) is 4.51. The predicted octanol–water partition coefficient (Wildman–Crippen LogP) is 3.48. The van der Waals surface area contributed by atoms with E-state index in [9.17, 15) is 0 Å². The van der Waals surface area contributed by atoms with E-state index in [1.807, 2.05) is 0 Å². The lowest BCUT2D eigenvalue weighted by atomic mass is 9.97. The third kappa shape index (κ3) is 2.13. The summed E-state index contributed by atoms with van der Waals surface area (Å²) in [5, 5.41) is 3.68. The fourth-order valence-electron chi connectivity index (χ4n) is 3.34. The lowest BCUT2D eigenvalue weighted by molar-refractivity contribution is 0.475. The van der Waals surface area contributed by atoms with Crippen molar-refractivity contribution in [3.8, 4) is 0 Å². The van der Waals surface area contributed by atoms with Crippen LogP contribution in [0, 0.1) is 11.8 Å². The molecule has 3 unspecified atom stereocenters. The molecule has 0 heterocycles. The largest absolute Gasteiger partial charge is 0.310 e. The minimum absolute atomic E-state index is 0.598. The van der Waals surface area contributed by atoms with Crippen molar-refractivity contribution in [3.63, 3.8) is 0 Å². The first-order valence-corrected chi connectivity index (χ1v) is 7.14. The molecule has 1 saturated carbocycles. The third-order valence-electron chi connectivity index (χ3n) is 4.51. The van der Waals surface area contributed by atoms with Crippen LogP contribution in [-0.2, 0) is 12.8 Å². The van der Waals surface area contributed by atoms with Crippen LogP contribution >= 0.6 is 0 Å². The lowest BCUT2D eigenvalue weighted by Gasteiger charge is -2.19. The Bertz CT molecular complexity index is 410. The molecule has 0 bridgehead atoms. The fraction of sp³-hybridized carbons (Fsp3) is 0.625. The monoisotopic (exact) mass is 229 g/mol. The second-order valence-electron chi connectivity index (χ2n) is 5.79. The van der Waals surface area contributed by atoms with Crippen LogP contribution in [0.3, 0.4) is 0 Å². The molecule has 1 heteroatoms. The number of nitrogens with one attached hydrogen (secondary N) is 1. The molecule has 0 amide bonds. The molecule has 3 rings (SSSR count). The van der Waals surface area contributed by atoms with Gasteiger partial charge in [0.15, 0.2) is 0 Å². The van der Waals surface area contributed by atoms with Crippen LogP contribution in [0.5, 0.6) is 0 Å². The van der Waals surface area contributed by atoms with Gasteiger partial charge < -0.3 is 5.32 Å². The highest BCUT2D eigenvalue weighted by atomic mass is 14.9. The van der Waals surface area contributed by atoms with Crippen molar-refractivity contribution in [1.29, 1.82) is 0 Å². The molecule has 0 aromatic heterocycles.